The Morgan fingerprint density at radius 3 is 2.90 bits per heavy atom. The lowest BCUT2D eigenvalue weighted by molar-refractivity contribution is 0.805. The Bertz CT molecular complexity index is 230. The van der Waals surface area contributed by atoms with E-state index in [1.54, 1.807) is 0 Å². The fourth-order valence-electron chi connectivity index (χ4n) is 0.891. The number of nitrogens with zero attached hydrogens (tertiary/aromatic N) is 1. The Kier molecular flexibility index (Phi) is 2.14. The van der Waals surface area contributed by atoms with Crippen LogP contribution in [0.1, 0.15) is 13.3 Å². The highest BCUT2D eigenvalue weighted by Gasteiger charge is 2.25. The zero-order chi connectivity index (χ0) is 7.61. The maximum absolute atomic E-state index is 8.67. The molecule has 0 saturated carbocycles. The molecule has 1 nitrogen and oxygen atoms in total. The summed E-state index contributed by atoms with van der Waals surface area (Å²) >= 11 is 2.31. The minimum absolute atomic E-state index is 0.0290. The van der Waals surface area contributed by atoms with Gasteiger partial charge in [0.05, 0.1) is 9.49 Å². The first-order chi connectivity index (χ1) is 4.67. The van der Waals surface area contributed by atoms with Crippen molar-refractivity contribution in [3.8, 4) is 6.07 Å². The molecule has 1 aliphatic rings. The predicted molar refractivity (Wildman–Crippen MR) is 49.9 cm³/mol. The van der Waals surface area contributed by atoms with Gasteiger partial charge in [-0.3, -0.25) is 0 Å². The molecule has 0 fully saturated rings. The van der Waals surface area contributed by atoms with E-state index in [0.29, 0.717) is 0 Å². The summed E-state index contributed by atoms with van der Waals surface area (Å²) in [6, 6.07) is 2.20. The molecule has 0 unspecified atom stereocenters. The van der Waals surface area contributed by atoms with Gasteiger partial charge in [0, 0.05) is 5.57 Å². The first-order valence-corrected chi connectivity index (χ1v) is 4.21. The Balaban J connectivity index is 2.95. The Labute approximate surface area is 74.6 Å². The fraction of sp³-hybridized carbons (Fsp3) is 0.375. The van der Waals surface area contributed by atoms with Crippen LogP contribution in [0.3, 0.4) is 0 Å². The number of rotatable bonds is 0. The largest absolute Gasteiger partial charge is 0.193 e. The second kappa shape index (κ2) is 2.75. The minimum atomic E-state index is 0.0290. The molecule has 0 aromatic rings. The highest BCUT2D eigenvalue weighted by Crippen LogP contribution is 2.33. The van der Waals surface area contributed by atoms with E-state index in [9.17, 15) is 0 Å². The first-order valence-electron chi connectivity index (χ1n) is 3.13. The van der Waals surface area contributed by atoms with Crippen LogP contribution >= 0.6 is 22.6 Å². The topological polar surface area (TPSA) is 23.8 Å². The van der Waals surface area contributed by atoms with Gasteiger partial charge in [-0.25, -0.2) is 0 Å². The molecule has 52 valence electrons. The van der Waals surface area contributed by atoms with Crippen molar-refractivity contribution in [1.82, 2.24) is 0 Å². The standard InChI is InChI=1S/C8H8IN/c1-8(9)5-3-2-4-7(8)6-10/h2-4H,5H2,1H3/t8-/m0/s1. The third-order valence-electron chi connectivity index (χ3n) is 1.58. The molecule has 1 rings (SSSR count). The van der Waals surface area contributed by atoms with Gasteiger partial charge in [0.25, 0.3) is 0 Å². The molecule has 0 heterocycles. The van der Waals surface area contributed by atoms with E-state index in [2.05, 4.69) is 41.7 Å². The lowest BCUT2D eigenvalue weighted by Crippen LogP contribution is -2.18. The third kappa shape index (κ3) is 1.40. The van der Waals surface area contributed by atoms with Crippen LogP contribution in [-0.4, -0.2) is 3.42 Å². The Morgan fingerprint density at radius 2 is 2.50 bits per heavy atom. The lowest BCUT2D eigenvalue weighted by atomic mass is 9.94. The van der Waals surface area contributed by atoms with Gasteiger partial charge in [0.2, 0.25) is 0 Å². The zero-order valence-corrected chi connectivity index (χ0v) is 7.92. The van der Waals surface area contributed by atoms with Crippen LogP contribution in [0, 0.1) is 11.3 Å². The van der Waals surface area contributed by atoms with Crippen molar-refractivity contribution in [3.63, 3.8) is 0 Å². The average molecular weight is 245 g/mol. The number of allylic oxidation sites excluding steroid dienone is 4. The van der Waals surface area contributed by atoms with E-state index in [-0.39, 0.29) is 3.42 Å². The van der Waals surface area contributed by atoms with E-state index in [4.69, 9.17) is 5.26 Å². The molecule has 10 heavy (non-hydrogen) atoms. The number of alkyl halides is 1. The molecule has 0 aromatic heterocycles. The summed E-state index contributed by atoms with van der Waals surface area (Å²) in [5, 5.41) is 8.67. The number of halogens is 1. The highest BCUT2D eigenvalue weighted by atomic mass is 127. The number of nitriles is 1. The maximum Gasteiger partial charge on any atom is 0.0961 e. The lowest BCUT2D eigenvalue weighted by Gasteiger charge is -2.21. The monoisotopic (exact) mass is 245 g/mol. The molecule has 2 heteroatoms. The predicted octanol–water partition coefficient (Wildman–Crippen LogP) is 2.59. The molecule has 1 aliphatic carbocycles. The summed E-state index contributed by atoms with van der Waals surface area (Å²) in [5.41, 5.74) is 0.871. The van der Waals surface area contributed by atoms with Gasteiger partial charge < -0.3 is 0 Å². The van der Waals surface area contributed by atoms with Crippen molar-refractivity contribution >= 4 is 22.6 Å². The van der Waals surface area contributed by atoms with Crippen molar-refractivity contribution in [1.29, 1.82) is 5.26 Å². The van der Waals surface area contributed by atoms with Gasteiger partial charge in [0.1, 0.15) is 0 Å². The third-order valence-corrected chi connectivity index (χ3v) is 2.60. The number of hydrogen-bond acceptors (Lipinski definition) is 1. The maximum atomic E-state index is 8.67. The fourth-order valence-corrected chi connectivity index (χ4v) is 1.45. The highest BCUT2D eigenvalue weighted by molar-refractivity contribution is 14.1. The first kappa shape index (κ1) is 7.80. The van der Waals surface area contributed by atoms with Crippen LogP contribution in [0.4, 0.5) is 0 Å². The molecule has 0 bridgehead atoms. The zero-order valence-electron chi connectivity index (χ0n) is 5.76. The van der Waals surface area contributed by atoms with Crippen LogP contribution in [0.25, 0.3) is 0 Å². The molecule has 0 N–H and O–H groups in total. The molecule has 0 aliphatic heterocycles. The molecule has 0 aromatic carbocycles. The Hall–Kier alpha value is -0.300. The summed E-state index contributed by atoms with van der Waals surface area (Å²) in [5.74, 6) is 0. The summed E-state index contributed by atoms with van der Waals surface area (Å²) in [6.07, 6.45) is 6.88. The molecular formula is C8H8IN. The quantitative estimate of drug-likeness (QED) is 0.475. The van der Waals surface area contributed by atoms with E-state index >= 15 is 0 Å². The second-order valence-electron chi connectivity index (χ2n) is 2.52. The molecular weight excluding hydrogens is 237 g/mol. The van der Waals surface area contributed by atoms with Gasteiger partial charge in [-0.15, -0.1) is 0 Å². The van der Waals surface area contributed by atoms with Gasteiger partial charge in [-0.2, -0.15) is 5.26 Å². The van der Waals surface area contributed by atoms with Gasteiger partial charge >= 0.3 is 0 Å². The second-order valence-corrected chi connectivity index (χ2v) is 4.90. The van der Waals surface area contributed by atoms with Crippen molar-refractivity contribution in [2.24, 2.45) is 0 Å². The minimum Gasteiger partial charge on any atom is -0.193 e. The van der Waals surface area contributed by atoms with Crippen molar-refractivity contribution in [2.45, 2.75) is 16.8 Å². The number of hydrogen-bond donors (Lipinski definition) is 0. The van der Waals surface area contributed by atoms with Gasteiger partial charge in [-0.05, 0) is 19.4 Å². The summed E-state index contributed by atoms with van der Waals surface area (Å²) in [4.78, 5) is 0. The smallest absolute Gasteiger partial charge is 0.0961 e. The normalized spacial score (nSPS) is 31.1. The van der Waals surface area contributed by atoms with E-state index in [0.717, 1.165) is 12.0 Å². The summed E-state index contributed by atoms with van der Waals surface area (Å²) in [7, 11) is 0. The van der Waals surface area contributed by atoms with E-state index in [1.165, 1.54) is 0 Å². The SMILES string of the molecule is C[C@]1(I)CC=CC=C1C#N. The molecule has 1 atom stereocenters. The van der Waals surface area contributed by atoms with Crippen LogP contribution in [-0.2, 0) is 0 Å². The molecule has 0 saturated heterocycles. The molecule has 0 spiro atoms. The van der Waals surface area contributed by atoms with Gasteiger partial charge in [0.15, 0.2) is 0 Å². The Morgan fingerprint density at radius 1 is 1.80 bits per heavy atom. The van der Waals surface area contributed by atoms with Crippen molar-refractivity contribution < 1.29 is 0 Å². The van der Waals surface area contributed by atoms with E-state index in [1.807, 2.05) is 12.2 Å². The van der Waals surface area contributed by atoms with Crippen molar-refractivity contribution in [3.05, 3.63) is 23.8 Å². The average Bonchev–Trinajstić information content (AvgIpc) is 1.87. The summed E-state index contributed by atoms with van der Waals surface area (Å²) < 4.78 is 0.0290. The van der Waals surface area contributed by atoms with Crippen LogP contribution in [0.5, 0.6) is 0 Å². The molecule has 0 amide bonds. The van der Waals surface area contributed by atoms with E-state index < -0.39 is 0 Å². The molecule has 0 radical (unpaired) electrons. The van der Waals surface area contributed by atoms with Gasteiger partial charge in [-0.1, -0.05) is 34.7 Å². The van der Waals surface area contributed by atoms with Crippen LogP contribution < -0.4 is 0 Å². The van der Waals surface area contributed by atoms with Crippen molar-refractivity contribution in [2.75, 3.05) is 0 Å². The van der Waals surface area contributed by atoms with Crippen LogP contribution in [0.2, 0.25) is 0 Å². The van der Waals surface area contributed by atoms with Crippen LogP contribution in [0.15, 0.2) is 23.8 Å². The summed E-state index contributed by atoms with van der Waals surface area (Å²) in [6.45, 7) is 2.08.